The molecule has 0 spiro atoms. The highest BCUT2D eigenvalue weighted by atomic mass is 16.5. The molecule has 0 unspecified atom stereocenters. The van der Waals surface area contributed by atoms with Gasteiger partial charge in [-0.15, -0.1) is 5.73 Å². The van der Waals surface area contributed by atoms with Crippen molar-refractivity contribution in [3.8, 4) is 0 Å². The first-order valence-electron chi connectivity index (χ1n) is 5.84. The summed E-state index contributed by atoms with van der Waals surface area (Å²) in [6.07, 6.45) is 3.87. The van der Waals surface area contributed by atoms with Gasteiger partial charge in [-0.25, -0.2) is 0 Å². The van der Waals surface area contributed by atoms with Crippen molar-refractivity contribution in [1.29, 1.82) is 0 Å². The van der Waals surface area contributed by atoms with Crippen molar-refractivity contribution in [1.82, 2.24) is 4.90 Å². The lowest BCUT2D eigenvalue weighted by Crippen LogP contribution is -2.30. The Balaban J connectivity index is 1.68. The molecule has 0 heterocycles. The van der Waals surface area contributed by atoms with E-state index in [1.54, 1.807) is 0 Å². The van der Waals surface area contributed by atoms with Crippen LogP contribution in [0.3, 0.4) is 0 Å². The summed E-state index contributed by atoms with van der Waals surface area (Å²) in [5.41, 5.74) is 5.03. The molecule has 0 atom stereocenters. The summed E-state index contributed by atoms with van der Waals surface area (Å²) in [6.45, 7) is 7.51. The fourth-order valence-corrected chi connectivity index (χ4v) is 2.01. The van der Waals surface area contributed by atoms with Crippen LogP contribution < -0.4 is 0 Å². The van der Waals surface area contributed by atoms with Gasteiger partial charge in [0.25, 0.3) is 0 Å². The topological polar surface area (TPSA) is 29.5 Å². The van der Waals surface area contributed by atoms with Gasteiger partial charge < -0.3 is 9.64 Å². The van der Waals surface area contributed by atoms with Crippen molar-refractivity contribution in [2.45, 2.75) is 13.8 Å². The van der Waals surface area contributed by atoms with Gasteiger partial charge in [0.05, 0.1) is 0 Å². The van der Waals surface area contributed by atoms with E-state index in [0.29, 0.717) is 6.61 Å². The molecule has 0 N–H and O–H groups in total. The summed E-state index contributed by atoms with van der Waals surface area (Å²) in [5, 5.41) is 0. The number of hydrogen-bond donors (Lipinski definition) is 0. The highest BCUT2D eigenvalue weighted by Crippen LogP contribution is 2.37. The molecule has 0 amide bonds. The molecule has 3 aliphatic rings. The van der Waals surface area contributed by atoms with Crippen LogP contribution in [0.4, 0.5) is 0 Å². The van der Waals surface area contributed by atoms with Crippen LogP contribution in [-0.4, -0.2) is 37.1 Å². The summed E-state index contributed by atoms with van der Waals surface area (Å²) in [5.74, 6) is -0.252. The zero-order chi connectivity index (χ0) is 11.5. The SMILES string of the molecule is CCN(CC)CCOC(=O)C1C2=C=C1C=C2. The number of hydrogen-bond acceptors (Lipinski definition) is 3. The molecule has 16 heavy (non-hydrogen) atoms. The van der Waals surface area contributed by atoms with E-state index >= 15 is 0 Å². The second-order valence-electron chi connectivity index (χ2n) is 4.00. The largest absolute Gasteiger partial charge is 0.464 e. The number of likely N-dealkylation sites (N-methyl/N-ethyl adjacent to an activating group) is 1. The van der Waals surface area contributed by atoms with E-state index in [1.807, 2.05) is 12.2 Å². The van der Waals surface area contributed by atoms with Gasteiger partial charge in [-0.1, -0.05) is 13.8 Å². The summed E-state index contributed by atoms with van der Waals surface area (Å²) in [4.78, 5) is 13.9. The van der Waals surface area contributed by atoms with Crippen LogP contribution >= 0.6 is 0 Å². The van der Waals surface area contributed by atoms with Crippen LogP contribution in [-0.2, 0) is 9.53 Å². The van der Waals surface area contributed by atoms with E-state index in [-0.39, 0.29) is 11.9 Å². The maximum atomic E-state index is 11.7. The predicted octanol–water partition coefficient (Wildman–Crippen LogP) is 1.52. The lowest BCUT2D eigenvalue weighted by molar-refractivity contribution is -0.146. The van der Waals surface area contributed by atoms with E-state index in [2.05, 4.69) is 24.5 Å². The molecule has 0 saturated carbocycles. The lowest BCUT2D eigenvalue weighted by atomic mass is 9.90. The Bertz CT molecular complexity index is 367. The van der Waals surface area contributed by atoms with Crippen LogP contribution in [0.1, 0.15) is 13.8 Å². The first-order valence-corrected chi connectivity index (χ1v) is 5.84. The van der Waals surface area contributed by atoms with E-state index in [1.165, 1.54) is 0 Å². The van der Waals surface area contributed by atoms with E-state index in [4.69, 9.17) is 4.74 Å². The van der Waals surface area contributed by atoms with Gasteiger partial charge in [0.15, 0.2) is 0 Å². The molecule has 0 aromatic rings. The molecule has 0 aromatic heterocycles. The number of nitrogens with zero attached hydrogens (tertiary/aromatic N) is 1. The Kier molecular flexibility index (Phi) is 3.28. The lowest BCUT2D eigenvalue weighted by Gasteiger charge is -2.20. The fraction of sp³-hybridized carbons (Fsp3) is 0.538. The maximum absolute atomic E-state index is 11.7. The number of rotatable bonds is 6. The van der Waals surface area contributed by atoms with E-state index in [0.717, 1.165) is 30.8 Å². The van der Waals surface area contributed by atoms with Gasteiger partial charge >= 0.3 is 5.97 Å². The first-order chi connectivity index (χ1) is 7.76. The molecule has 0 aromatic carbocycles. The minimum Gasteiger partial charge on any atom is -0.464 e. The maximum Gasteiger partial charge on any atom is 0.319 e. The summed E-state index contributed by atoms with van der Waals surface area (Å²) < 4.78 is 5.26. The quantitative estimate of drug-likeness (QED) is 0.501. The molecule has 0 aliphatic heterocycles. The molecule has 3 heteroatoms. The third-order valence-corrected chi connectivity index (χ3v) is 3.14. The minimum absolute atomic E-state index is 0.124. The fourth-order valence-electron chi connectivity index (χ4n) is 2.01. The molecule has 0 radical (unpaired) electrons. The molecule has 86 valence electrons. The summed E-state index contributed by atoms with van der Waals surface area (Å²) in [7, 11) is 0. The number of ether oxygens (including phenoxy) is 1. The highest BCUT2D eigenvalue weighted by Gasteiger charge is 2.35. The number of carbonyl (C=O) groups is 1. The highest BCUT2D eigenvalue weighted by molar-refractivity contribution is 5.86. The van der Waals surface area contributed by atoms with Gasteiger partial charge in [0.1, 0.15) is 12.5 Å². The Morgan fingerprint density at radius 2 is 2.00 bits per heavy atom. The molecule has 2 bridgehead atoms. The zero-order valence-corrected chi connectivity index (χ0v) is 9.82. The normalized spacial score (nSPS) is 17.2. The molecular formula is C13H17NO2. The van der Waals surface area contributed by atoms with Crippen LogP contribution in [0, 0.1) is 5.92 Å². The van der Waals surface area contributed by atoms with Gasteiger partial charge in [-0.3, -0.25) is 4.79 Å². The van der Waals surface area contributed by atoms with E-state index < -0.39 is 0 Å². The van der Waals surface area contributed by atoms with Gasteiger partial charge in [-0.2, -0.15) is 0 Å². The molecule has 3 nitrogen and oxygen atoms in total. The average Bonchev–Trinajstić information content (AvgIpc) is 2.86. The van der Waals surface area contributed by atoms with Crippen LogP contribution in [0.2, 0.25) is 0 Å². The molecule has 3 aliphatic carbocycles. The monoisotopic (exact) mass is 219 g/mol. The van der Waals surface area contributed by atoms with Crippen molar-refractivity contribution in [3.05, 3.63) is 29.0 Å². The molecule has 0 saturated heterocycles. The Morgan fingerprint density at radius 3 is 2.50 bits per heavy atom. The number of allylic oxidation sites excluding steroid dienone is 2. The summed E-state index contributed by atoms with van der Waals surface area (Å²) in [6, 6.07) is 0. The Hall–Kier alpha value is -1.31. The van der Waals surface area contributed by atoms with Crippen LogP contribution in [0.25, 0.3) is 0 Å². The van der Waals surface area contributed by atoms with Crippen molar-refractivity contribution >= 4 is 5.97 Å². The Morgan fingerprint density at radius 1 is 1.38 bits per heavy atom. The summed E-state index contributed by atoms with van der Waals surface area (Å²) >= 11 is 0. The number of esters is 1. The van der Waals surface area contributed by atoms with Gasteiger partial charge in [0, 0.05) is 17.7 Å². The van der Waals surface area contributed by atoms with E-state index in [9.17, 15) is 4.79 Å². The van der Waals surface area contributed by atoms with Crippen LogP contribution in [0.15, 0.2) is 29.0 Å². The van der Waals surface area contributed by atoms with Crippen molar-refractivity contribution < 1.29 is 9.53 Å². The average molecular weight is 219 g/mol. The Labute approximate surface area is 96.1 Å². The predicted molar refractivity (Wildman–Crippen MR) is 61.9 cm³/mol. The third-order valence-electron chi connectivity index (χ3n) is 3.14. The number of carbonyl (C=O) groups excluding carboxylic acids is 1. The molecule has 0 fully saturated rings. The molecule has 3 rings (SSSR count). The van der Waals surface area contributed by atoms with Crippen molar-refractivity contribution in [3.63, 3.8) is 0 Å². The minimum atomic E-state index is -0.128. The third kappa shape index (κ3) is 1.97. The second-order valence-corrected chi connectivity index (χ2v) is 4.00. The standard InChI is InChI=1S/C13H17NO2/c1-3-14(4-2)7-8-16-13(15)12-10-5-6-11(12)9-10/h5-6,12H,3-4,7-8H2,1-2H3. The van der Waals surface area contributed by atoms with Crippen molar-refractivity contribution in [2.75, 3.05) is 26.2 Å². The van der Waals surface area contributed by atoms with Crippen LogP contribution in [0.5, 0.6) is 0 Å². The second kappa shape index (κ2) is 4.69. The molecular weight excluding hydrogens is 202 g/mol. The van der Waals surface area contributed by atoms with Gasteiger partial charge in [-0.05, 0) is 25.2 Å². The van der Waals surface area contributed by atoms with Gasteiger partial charge in [0.2, 0.25) is 0 Å². The first kappa shape index (κ1) is 11.2. The smallest absolute Gasteiger partial charge is 0.319 e. The van der Waals surface area contributed by atoms with Crippen molar-refractivity contribution in [2.24, 2.45) is 5.92 Å². The zero-order valence-electron chi connectivity index (χ0n) is 9.82.